The first kappa shape index (κ1) is 11.3. The fourth-order valence-electron chi connectivity index (χ4n) is 1.84. The second kappa shape index (κ2) is 5.86. The number of hydrogen-bond acceptors (Lipinski definition) is 2. The minimum absolute atomic E-state index is 0.0582. The molecule has 0 saturated carbocycles. The van der Waals surface area contributed by atoms with Crippen molar-refractivity contribution in [2.24, 2.45) is 5.73 Å². The topological polar surface area (TPSA) is 58.4 Å². The number of rotatable bonds is 5. The number of urea groups is 1. The lowest BCUT2D eigenvalue weighted by molar-refractivity contribution is 0.158. The van der Waals surface area contributed by atoms with Gasteiger partial charge in [0.05, 0.1) is 0 Å². The van der Waals surface area contributed by atoms with Gasteiger partial charge in [0.15, 0.2) is 0 Å². The maximum atomic E-state index is 11.5. The smallest absolute Gasteiger partial charge is 0.317 e. The average molecular weight is 199 g/mol. The maximum Gasteiger partial charge on any atom is 0.317 e. The van der Waals surface area contributed by atoms with Crippen molar-refractivity contribution in [1.29, 1.82) is 0 Å². The van der Waals surface area contributed by atoms with Crippen LogP contribution in [0, 0.1) is 0 Å². The Balaban J connectivity index is 2.44. The van der Waals surface area contributed by atoms with E-state index in [1.54, 1.807) is 0 Å². The molecule has 2 amide bonds. The van der Waals surface area contributed by atoms with Crippen molar-refractivity contribution in [2.75, 3.05) is 19.6 Å². The molecule has 4 nitrogen and oxygen atoms in total. The molecule has 1 saturated heterocycles. The number of carbonyl (C=O) groups excluding carboxylic acids is 1. The molecule has 0 aromatic heterocycles. The largest absolute Gasteiger partial charge is 0.338 e. The Hall–Kier alpha value is -0.770. The van der Waals surface area contributed by atoms with Crippen molar-refractivity contribution in [3.05, 3.63) is 0 Å². The summed E-state index contributed by atoms with van der Waals surface area (Å²) in [7, 11) is 0. The Labute approximate surface area is 85.8 Å². The van der Waals surface area contributed by atoms with Crippen LogP contribution < -0.4 is 11.1 Å². The van der Waals surface area contributed by atoms with Gasteiger partial charge in [0.2, 0.25) is 0 Å². The van der Waals surface area contributed by atoms with Crippen molar-refractivity contribution < 1.29 is 4.79 Å². The van der Waals surface area contributed by atoms with Gasteiger partial charge < -0.3 is 16.0 Å². The monoisotopic (exact) mass is 199 g/mol. The fourth-order valence-corrected chi connectivity index (χ4v) is 1.84. The van der Waals surface area contributed by atoms with Crippen LogP contribution in [0.25, 0.3) is 0 Å². The number of amides is 2. The molecule has 1 rings (SSSR count). The van der Waals surface area contributed by atoms with Gasteiger partial charge in [-0.3, -0.25) is 0 Å². The quantitative estimate of drug-likeness (QED) is 0.691. The molecule has 0 aromatic rings. The van der Waals surface area contributed by atoms with Crippen LogP contribution >= 0.6 is 0 Å². The maximum absolute atomic E-state index is 11.5. The molecule has 82 valence electrons. The first-order valence-electron chi connectivity index (χ1n) is 5.54. The van der Waals surface area contributed by atoms with Gasteiger partial charge in [-0.1, -0.05) is 19.8 Å². The fraction of sp³-hybridized carbons (Fsp3) is 0.900. The summed E-state index contributed by atoms with van der Waals surface area (Å²) in [4.78, 5) is 13.4. The van der Waals surface area contributed by atoms with E-state index in [1.165, 1.54) is 0 Å². The molecule has 4 heteroatoms. The van der Waals surface area contributed by atoms with E-state index in [0.29, 0.717) is 6.54 Å². The minimum Gasteiger partial charge on any atom is -0.338 e. The zero-order chi connectivity index (χ0) is 10.4. The summed E-state index contributed by atoms with van der Waals surface area (Å²) in [6.45, 7) is 4.40. The molecule has 1 heterocycles. The van der Waals surface area contributed by atoms with Gasteiger partial charge in [0.1, 0.15) is 0 Å². The van der Waals surface area contributed by atoms with E-state index < -0.39 is 0 Å². The van der Waals surface area contributed by atoms with Crippen LogP contribution in [-0.4, -0.2) is 36.6 Å². The molecule has 1 fully saturated rings. The second-order valence-corrected chi connectivity index (χ2v) is 3.81. The van der Waals surface area contributed by atoms with E-state index >= 15 is 0 Å². The molecule has 0 spiro atoms. The number of carbonyl (C=O) groups is 1. The summed E-state index contributed by atoms with van der Waals surface area (Å²) < 4.78 is 0. The van der Waals surface area contributed by atoms with Gasteiger partial charge in [0, 0.05) is 25.7 Å². The van der Waals surface area contributed by atoms with E-state index in [1.807, 2.05) is 4.90 Å². The molecule has 0 aromatic carbocycles. The van der Waals surface area contributed by atoms with Crippen LogP contribution in [0.3, 0.4) is 0 Å². The molecule has 1 aliphatic rings. The van der Waals surface area contributed by atoms with Crippen molar-refractivity contribution >= 4 is 6.03 Å². The van der Waals surface area contributed by atoms with Crippen LogP contribution in [0.5, 0.6) is 0 Å². The SMILES string of the molecule is CCCCC(CN)N1CCCNC1=O. The Morgan fingerprint density at radius 1 is 1.64 bits per heavy atom. The minimum atomic E-state index is 0.0582. The van der Waals surface area contributed by atoms with Crippen LogP contribution in [0.15, 0.2) is 0 Å². The Bertz CT molecular complexity index is 184. The molecule has 1 aliphatic heterocycles. The molecule has 3 N–H and O–H groups in total. The van der Waals surface area contributed by atoms with Crippen molar-refractivity contribution in [3.63, 3.8) is 0 Å². The molecular formula is C10H21N3O. The van der Waals surface area contributed by atoms with Crippen molar-refractivity contribution in [1.82, 2.24) is 10.2 Å². The molecule has 14 heavy (non-hydrogen) atoms. The van der Waals surface area contributed by atoms with Gasteiger partial charge in [0.25, 0.3) is 0 Å². The lowest BCUT2D eigenvalue weighted by atomic mass is 10.1. The third-order valence-electron chi connectivity index (χ3n) is 2.72. The van der Waals surface area contributed by atoms with E-state index in [4.69, 9.17) is 5.73 Å². The first-order valence-corrected chi connectivity index (χ1v) is 5.54. The lowest BCUT2D eigenvalue weighted by Gasteiger charge is -2.34. The van der Waals surface area contributed by atoms with Gasteiger partial charge >= 0.3 is 6.03 Å². The Morgan fingerprint density at radius 2 is 2.43 bits per heavy atom. The van der Waals surface area contributed by atoms with Gasteiger partial charge in [-0.2, -0.15) is 0 Å². The van der Waals surface area contributed by atoms with E-state index in [0.717, 1.165) is 38.8 Å². The highest BCUT2D eigenvalue weighted by Crippen LogP contribution is 2.11. The molecule has 1 atom stereocenters. The molecule has 0 radical (unpaired) electrons. The number of nitrogens with two attached hydrogens (primary N) is 1. The van der Waals surface area contributed by atoms with Gasteiger partial charge in [-0.25, -0.2) is 4.79 Å². The van der Waals surface area contributed by atoms with E-state index in [2.05, 4.69) is 12.2 Å². The van der Waals surface area contributed by atoms with Gasteiger partial charge in [-0.15, -0.1) is 0 Å². The summed E-state index contributed by atoms with van der Waals surface area (Å²) in [6.07, 6.45) is 4.37. The van der Waals surface area contributed by atoms with Crippen LogP contribution in [-0.2, 0) is 0 Å². The summed E-state index contributed by atoms with van der Waals surface area (Å²) in [5.41, 5.74) is 5.68. The second-order valence-electron chi connectivity index (χ2n) is 3.81. The molecular weight excluding hydrogens is 178 g/mol. The summed E-state index contributed by atoms with van der Waals surface area (Å²) in [6, 6.07) is 0.290. The first-order chi connectivity index (χ1) is 6.79. The van der Waals surface area contributed by atoms with Crippen molar-refractivity contribution in [3.8, 4) is 0 Å². The third-order valence-corrected chi connectivity index (χ3v) is 2.72. The number of unbranched alkanes of at least 4 members (excludes halogenated alkanes) is 1. The highest BCUT2D eigenvalue weighted by atomic mass is 16.2. The highest BCUT2D eigenvalue weighted by Gasteiger charge is 2.24. The predicted octanol–water partition coefficient (Wildman–Crippen LogP) is 0.919. The number of hydrogen-bond donors (Lipinski definition) is 2. The molecule has 0 aliphatic carbocycles. The summed E-state index contributed by atoms with van der Waals surface area (Å²) in [5.74, 6) is 0. The predicted molar refractivity (Wildman–Crippen MR) is 57.1 cm³/mol. The van der Waals surface area contributed by atoms with Crippen LogP contribution in [0.2, 0.25) is 0 Å². The summed E-state index contributed by atoms with van der Waals surface area (Å²) in [5, 5.41) is 2.85. The number of nitrogens with zero attached hydrogens (tertiary/aromatic N) is 1. The van der Waals surface area contributed by atoms with E-state index in [-0.39, 0.29) is 12.1 Å². The Morgan fingerprint density at radius 3 is 3.00 bits per heavy atom. The summed E-state index contributed by atoms with van der Waals surface area (Å²) >= 11 is 0. The van der Waals surface area contributed by atoms with Crippen LogP contribution in [0.4, 0.5) is 4.79 Å². The zero-order valence-electron chi connectivity index (χ0n) is 8.96. The Kier molecular flexibility index (Phi) is 4.73. The standard InChI is InChI=1S/C10H21N3O/c1-2-3-5-9(8-11)13-7-4-6-12-10(13)14/h9H,2-8,11H2,1H3,(H,12,14). The average Bonchev–Trinajstić information content (AvgIpc) is 2.21. The number of nitrogens with one attached hydrogen (secondary N) is 1. The molecule has 0 bridgehead atoms. The van der Waals surface area contributed by atoms with Crippen molar-refractivity contribution in [2.45, 2.75) is 38.6 Å². The highest BCUT2D eigenvalue weighted by molar-refractivity contribution is 5.75. The van der Waals surface area contributed by atoms with E-state index in [9.17, 15) is 4.79 Å². The van der Waals surface area contributed by atoms with Gasteiger partial charge in [-0.05, 0) is 12.8 Å². The molecule has 1 unspecified atom stereocenters. The zero-order valence-corrected chi connectivity index (χ0v) is 8.96. The normalized spacial score (nSPS) is 19.3. The third kappa shape index (κ3) is 2.87. The lowest BCUT2D eigenvalue weighted by Crippen LogP contribution is -2.53. The van der Waals surface area contributed by atoms with Crippen LogP contribution in [0.1, 0.15) is 32.6 Å².